The average molecular weight is 287 g/mol. The van der Waals surface area contributed by atoms with Gasteiger partial charge in [0.1, 0.15) is 6.29 Å². The number of aldehydes is 1. The van der Waals surface area contributed by atoms with Crippen LogP contribution < -0.4 is 10.1 Å². The second-order valence-corrected chi connectivity index (χ2v) is 4.46. The van der Waals surface area contributed by atoms with Crippen LogP contribution in [0, 0.1) is 12.7 Å². The zero-order valence-corrected chi connectivity index (χ0v) is 11.4. The van der Waals surface area contributed by atoms with Crippen LogP contribution in [-0.2, 0) is 4.79 Å². The van der Waals surface area contributed by atoms with Crippen molar-refractivity contribution in [3.63, 3.8) is 0 Å². The summed E-state index contributed by atoms with van der Waals surface area (Å²) >= 11 is 0. The van der Waals surface area contributed by atoms with Gasteiger partial charge in [-0.05, 0) is 36.8 Å². The average Bonchev–Trinajstić information content (AvgIpc) is 2.48. The Kier molecular flexibility index (Phi) is 4.66. The van der Waals surface area contributed by atoms with Gasteiger partial charge in [-0.3, -0.25) is 9.59 Å². The van der Waals surface area contributed by atoms with Crippen LogP contribution in [0.2, 0.25) is 0 Å². The summed E-state index contributed by atoms with van der Waals surface area (Å²) in [6.07, 6.45) is 0.539. The van der Waals surface area contributed by atoms with Crippen LogP contribution >= 0.6 is 0 Å². The van der Waals surface area contributed by atoms with Crippen LogP contribution in [0.25, 0.3) is 0 Å². The first-order chi connectivity index (χ1) is 10.1. The van der Waals surface area contributed by atoms with Crippen molar-refractivity contribution >= 4 is 17.9 Å². The van der Waals surface area contributed by atoms with Crippen molar-refractivity contribution in [2.24, 2.45) is 0 Å². The van der Waals surface area contributed by atoms with Crippen molar-refractivity contribution in [2.75, 3.05) is 11.9 Å². The Hall–Kier alpha value is -2.69. The topological polar surface area (TPSA) is 55.4 Å². The van der Waals surface area contributed by atoms with E-state index in [1.165, 1.54) is 12.1 Å². The molecule has 0 saturated carbocycles. The monoisotopic (exact) mass is 287 g/mol. The van der Waals surface area contributed by atoms with E-state index in [1.54, 1.807) is 12.1 Å². The Morgan fingerprint density at radius 1 is 1.29 bits per heavy atom. The molecule has 5 heteroatoms. The number of amides is 1. The molecule has 0 aliphatic rings. The first-order valence-electron chi connectivity index (χ1n) is 6.33. The van der Waals surface area contributed by atoms with Crippen molar-refractivity contribution < 1.29 is 18.7 Å². The Labute approximate surface area is 121 Å². The minimum atomic E-state index is -0.678. The third kappa shape index (κ3) is 3.89. The van der Waals surface area contributed by atoms with E-state index in [0.29, 0.717) is 12.0 Å². The van der Waals surface area contributed by atoms with Gasteiger partial charge in [0.2, 0.25) is 0 Å². The molecule has 21 heavy (non-hydrogen) atoms. The molecule has 0 spiro atoms. The van der Waals surface area contributed by atoms with Gasteiger partial charge in [0, 0.05) is 11.3 Å². The lowest BCUT2D eigenvalue weighted by Crippen LogP contribution is -2.20. The van der Waals surface area contributed by atoms with Gasteiger partial charge < -0.3 is 10.1 Å². The number of rotatable bonds is 5. The lowest BCUT2D eigenvalue weighted by atomic mass is 10.2. The number of benzene rings is 2. The SMILES string of the molecule is Cc1ccccc1NC(=O)COc1ccc(C=O)cc1F. The minimum absolute atomic E-state index is 0.0690. The second-order valence-electron chi connectivity index (χ2n) is 4.46. The van der Waals surface area contributed by atoms with Gasteiger partial charge in [0.15, 0.2) is 18.2 Å². The first-order valence-corrected chi connectivity index (χ1v) is 6.33. The molecule has 4 nitrogen and oxygen atoms in total. The molecule has 0 aromatic heterocycles. The molecular weight excluding hydrogens is 273 g/mol. The fraction of sp³-hybridized carbons (Fsp3) is 0.125. The number of carbonyl (C=O) groups excluding carboxylic acids is 2. The number of hydrogen-bond acceptors (Lipinski definition) is 3. The molecular formula is C16H14FNO3. The maximum Gasteiger partial charge on any atom is 0.262 e. The fourth-order valence-corrected chi connectivity index (χ4v) is 1.75. The van der Waals surface area contributed by atoms with E-state index >= 15 is 0 Å². The summed E-state index contributed by atoms with van der Waals surface area (Å²) in [5.41, 5.74) is 1.82. The Bertz CT molecular complexity index is 670. The maximum atomic E-state index is 13.6. The molecule has 0 unspecified atom stereocenters. The predicted molar refractivity (Wildman–Crippen MR) is 77.1 cm³/mol. The van der Waals surface area contributed by atoms with Gasteiger partial charge in [-0.1, -0.05) is 18.2 Å². The van der Waals surface area contributed by atoms with Crippen molar-refractivity contribution in [2.45, 2.75) is 6.92 Å². The fourth-order valence-electron chi connectivity index (χ4n) is 1.75. The molecule has 0 saturated heterocycles. The third-order valence-corrected chi connectivity index (χ3v) is 2.87. The molecule has 0 fully saturated rings. The van der Waals surface area contributed by atoms with E-state index in [2.05, 4.69) is 5.32 Å². The van der Waals surface area contributed by atoms with Gasteiger partial charge in [-0.15, -0.1) is 0 Å². The number of carbonyl (C=O) groups is 2. The van der Waals surface area contributed by atoms with Crippen molar-refractivity contribution in [1.82, 2.24) is 0 Å². The lowest BCUT2D eigenvalue weighted by Gasteiger charge is -2.10. The van der Waals surface area contributed by atoms with E-state index in [1.807, 2.05) is 19.1 Å². The van der Waals surface area contributed by atoms with Gasteiger partial charge in [-0.2, -0.15) is 0 Å². The Balaban J connectivity index is 1.95. The number of hydrogen-bond donors (Lipinski definition) is 1. The van der Waals surface area contributed by atoms with Crippen LogP contribution in [-0.4, -0.2) is 18.8 Å². The molecule has 2 rings (SSSR count). The first kappa shape index (κ1) is 14.7. The summed E-state index contributed by atoms with van der Waals surface area (Å²) in [6.45, 7) is 1.56. The number of ether oxygens (including phenoxy) is 1. The molecule has 0 aliphatic heterocycles. The Morgan fingerprint density at radius 2 is 2.05 bits per heavy atom. The molecule has 1 amide bonds. The molecule has 0 heterocycles. The highest BCUT2D eigenvalue weighted by atomic mass is 19.1. The third-order valence-electron chi connectivity index (χ3n) is 2.87. The maximum absolute atomic E-state index is 13.6. The molecule has 2 aromatic rings. The van der Waals surface area contributed by atoms with E-state index in [0.717, 1.165) is 11.6 Å². The van der Waals surface area contributed by atoms with Crippen molar-refractivity contribution in [3.05, 3.63) is 59.4 Å². The van der Waals surface area contributed by atoms with Crippen LogP contribution in [0.5, 0.6) is 5.75 Å². The summed E-state index contributed by atoms with van der Waals surface area (Å²) in [4.78, 5) is 22.3. The molecule has 2 aromatic carbocycles. The number of para-hydroxylation sites is 1. The van der Waals surface area contributed by atoms with E-state index < -0.39 is 5.82 Å². The van der Waals surface area contributed by atoms with Crippen LogP contribution in [0.1, 0.15) is 15.9 Å². The standard InChI is InChI=1S/C16H14FNO3/c1-11-4-2-3-5-14(11)18-16(20)10-21-15-7-6-12(9-19)8-13(15)17/h2-9H,10H2,1H3,(H,18,20). The largest absolute Gasteiger partial charge is 0.481 e. The van der Waals surface area contributed by atoms with Gasteiger partial charge >= 0.3 is 0 Å². The summed E-state index contributed by atoms with van der Waals surface area (Å²) in [5, 5.41) is 2.68. The highest BCUT2D eigenvalue weighted by Crippen LogP contribution is 2.18. The Morgan fingerprint density at radius 3 is 2.71 bits per heavy atom. The molecule has 0 bridgehead atoms. The molecule has 108 valence electrons. The minimum Gasteiger partial charge on any atom is -0.481 e. The van der Waals surface area contributed by atoms with E-state index in [-0.39, 0.29) is 23.8 Å². The summed E-state index contributed by atoms with van der Waals surface area (Å²) in [7, 11) is 0. The van der Waals surface area contributed by atoms with E-state index in [9.17, 15) is 14.0 Å². The molecule has 0 atom stereocenters. The van der Waals surface area contributed by atoms with Crippen molar-refractivity contribution in [3.8, 4) is 5.75 Å². The number of aryl methyl sites for hydroxylation is 1. The zero-order chi connectivity index (χ0) is 15.2. The van der Waals surface area contributed by atoms with Crippen LogP contribution in [0.4, 0.5) is 10.1 Å². The highest BCUT2D eigenvalue weighted by Gasteiger charge is 2.09. The zero-order valence-electron chi connectivity index (χ0n) is 11.4. The molecule has 0 radical (unpaired) electrons. The highest BCUT2D eigenvalue weighted by molar-refractivity contribution is 5.92. The number of anilines is 1. The summed E-state index contributed by atoms with van der Waals surface area (Å²) < 4.78 is 18.7. The van der Waals surface area contributed by atoms with Crippen molar-refractivity contribution in [1.29, 1.82) is 0 Å². The summed E-state index contributed by atoms with van der Waals surface area (Å²) in [5.74, 6) is -1.13. The van der Waals surface area contributed by atoms with Gasteiger partial charge in [0.25, 0.3) is 5.91 Å². The molecule has 0 aliphatic carbocycles. The normalized spacial score (nSPS) is 10.0. The van der Waals surface area contributed by atoms with Crippen LogP contribution in [0.3, 0.4) is 0 Å². The lowest BCUT2D eigenvalue weighted by molar-refractivity contribution is -0.118. The summed E-state index contributed by atoms with van der Waals surface area (Å²) in [6, 6.07) is 11.1. The number of nitrogens with one attached hydrogen (secondary N) is 1. The van der Waals surface area contributed by atoms with Gasteiger partial charge in [-0.25, -0.2) is 4.39 Å². The van der Waals surface area contributed by atoms with Crippen LogP contribution in [0.15, 0.2) is 42.5 Å². The van der Waals surface area contributed by atoms with Gasteiger partial charge in [0.05, 0.1) is 0 Å². The predicted octanol–water partition coefficient (Wildman–Crippen LogP) is 2.96. The quantitative estimate of drug-likeness (QED) is 0.860. The number of halogens is 1. The van der Waals surface area contributed by atoms with E-state index in [4.69, 9.17) is 4.74 Å². The smallest absolute Gasteiger partial charge is 0.262 e. The second kappa shape index (κ2) is 6.65. The molecule has 1 N–H and O–H groups in total.